The number of carbonyl (C=O) groups excluding carboxylic acids is 1. The average molecular weight is 397 g/mol. The zero-order chi connectivity index (χ0) is 19.6. The number of ether oxygens (including phenoxy) is 1. The molecule has 1 amide bonds. The standard InChI is InChI=1S/C23H25ClN2O2/c1-28-19-7-4-6-18-21(19)26-20(23(18)13-2-3-14-23)8-5-15-25-22(27)16-9-11-17(24)12-10-16/h2,4,6-7,9-13,20,26H,3,5,8,14-15H2,1H3,(H,25,27)/t20-,23+/m0/s1. The Hall–Kier alpha value is -2.46. The second-order valence-corrected chi connectivity index (χ2v) is 7.90. The summed E-state index contributed by atoms with van der Waals surface area (Å²) in [5, 5.41) is 7.35. The Labute approximate surface area is 170 Å². The maximum Gasteiger partial charge on any atom is 0.251 e. The van der Waals surface area contributed by atoms with Gasteiger partial charge in [0.05, 0.1) is 12.8 Å². The van der Waals surface area contributed by atoms with Gasteiger partial charge in [-0.2, -0.15) is 0 Å². The molecule has 4 nitrogen and oxygen atoms in total. The molecule has 1 aliphatic carbocycles. The smallest absolute Gasteiger partial charge is 0.251 e. The van der Waals surface area contributed by atoms with E-state index in [4.69, 9.17) is 16.3 Å². The lowest BCUT2D eigenvalue weighted by Crippen LogP contribution is -2.36. The molecule has 2 aromatic rings. The van der Waals surface area contributed by atoms with Crippen molar-refractivity contribution in [3.05, 3.63) is 70.8 Å². The van der Waals surface area contributed by atoms with Gasteiger partial charge in [-0.25, -0.2) is 0 Å². The van der Waals surface area contributed by atoms with Crippen molar-refractivity contribution in [3.8, 4) is 5.75 Å². The number of hydrogen-bond donors (Lipinski definition) is 2. The Morgan fingerprint density at radius 3 is 2.82 bits per heavy atom. The van der Waals surface area contributed by atoms with Gasteiger partial charge in [-0.1, -0.05) is 35.9 Å². The molecule has 5 heteroatoms. The van der Waals surface area contributed by atoms with Crippen LogP contribution < -0.4 is 15.4 Å². The van der Waals surface area contributed by atoms with Crippen LogP contribution in [0.3, 0.4) is 0 Å². The van der Waals surface area contributed by atoms with Gasteiger partial charge in [0.2, 0.25) is 0 Å². The minimum Gasteiger partial charge on any atom is -0.495 e. The van der Waals surface area contributed by atoms with Gasteiger partial charge >= 0.3 is 0 Å². The van der Waals surface area contributed by atoms with E-state index in [1.54, 1.807) is 31.4 Å². The molecular formula is C23H25ClN2O2. The Kier molecular flexibility index (Phi) is 5.31. The van der Waals surface area contributed by atoms with Crippen LogP contribution in [0.25, 0.3) is 0 Å². The number of fused-ring (bicyclic) bond motifs is 2. The van der Waals surface area contributed by atoms with Crippen LogP contribution in [0.15, 0.2) is 54.6 Å². The van der Waals surface area contributed by atoms with Crippen molar-refractivity contribution in [2.45, 2.75) is 37.1 Å². The highest BCUT2D eigenvalue weighted by molar-refractivity contribution is 6.30. The van der Waals surface area contributed by atoms with E-state index in [1.807, 2.05) is 6.07 Å². The highest BCUT2D eigenvalue weighted by Crippen LogP contribution is 2.52. The van der Waals surface area contributed by atoms with Crippen LogP contribution in [0, 0.1) is 0 Å². The number of halogens is 1. The summed E-state index contributed by atoms with van der Waals surface area (Å²) in [5.41, 5.74) is 3.11. The fourth-order valence-electron chi connectivity index (χ4n) is 4.48. The summed E-state index contributed by atoms with van der Waals surface area (Å²) in [6, 6.07) is 13.6. The third-order valence-electron chi connectivity index (χ3n) is 5.89. The largest absolute Gasteiger partial charge is 0.495 e. The topological polar surface area (TPSA) is 50.4 Å². The van der Waals surface area contributed by atoms with Gasteiger partial charge in [-0.15, -0.1) is 0 Å². The van der Waals surface area contributed by atoms with Crippen LogP contribution in [0.5, 0.6) is 5.75 Å². The second-order valence-electron chi connectivity index (χ2n) is 7.47. The lowest BCUT2D eigenvalue weighted by molar-refractivity contribution is 0.0952. The van der Waals surface area contributed by atoms with Gasteiger partial charge < -0.3 is 15.4 Å². The molecule has 146 valence electrons. The number of methoxy groups -OCH3 is 1. The Bertz CT molecular complexity index is 894. The molecule has 2 N–H and O–H groups in total. The van der Waals surface area contributed by atoms with Gasteiger partial charge in [0, 0.05) is 28.6 Å². The molecule has 0 aromatic heterocycles. The van der Waals surface area contributed by atoms with Crippen LogP contribution in [-0.2, 0) is 5.41 Å². The summed E-state index contributed by atoms with van der Waals surface area (Å²) >= 11 is 5.88. The number of anilines is 1. The molecule has 1 spiro atoms. The number of hydrogen-bond acceptors (Lipinski definition) is 3. The first-order chi connectivity index (χ1) is 13.6. The fraction of sp³-hybridized carbons (Fsp3) is 0.348. The van der Waals surface area contributed by atoms with Crippen molar-refractivity contribution in [3.63, 3.8) is 0 Å². The maximum absolute atomic E-state index is 12.3. The van der Waals surface area contributed by atoms with Crippen LogP contribution in [0.4, 0.5) is 5.69 Å². The number of allylic oxidation sites excluding steroid dienone is 1. The Balaban J connectivity index is 1.39. The molecule has 0 saturated heterocycles. The normalized spacial score (nSPS) is 22.1. The van der Waals surface area contributed by atoms with Crippen molar-refractivity contribution in [2.24, 2.45) is 0 Å². The Morgan fingerprint density at radius 1 is 1.29 bits per heavy atom. The minimum atomic E-state index is -0.0588. The van der Waals surface area contributed by atoms with Crippen LogP contribution >= 0.6 is 11.6 Å². The first-order valence-electron chi connectivity index (χ1n) is 9.79. The molecule has 2 aliphatic rings. The predicted molar refractivity (Wildman–Crippen MR) is 113 cm³/mol. The molecule has 4 rings (SSSR count). The third kappa shape index (κ3) is 3.37. The Morgan fingerprint density at radius 2 is 2.11 bits per heavy atom. The SMILES string of the molecule is COc1cccc2c1N[C@@H](CCCNC(=O)c1ccc(Cl)cc1)[C@@]21C=CCC1. The summed E-state index contributed by atoms with van der Waals surface area (Å²) in [5.74, 6) is 0.840. The molecular weight excluding hydrogens is 372 g/mol. The zero-order valence-electron chi connectivity index (χ0n) is 16.0. The number of benzene rings is 2. The molecule has 0 fully saturated rings. The maximum atomic E-state index is 12.3. The zero-order valence-corrected chi connectivity index (χ0v) is 16.8. The average Bonchev–Trinajstić information content (AvgIpc) is 3.32. The lowest BCUT2D eigenvalue weighted by Gasteiger charge is -2.30. The van der Waals surface area contributed by atoms with Crippen LogP contribution in [0.1, 0.15) is 41.6 Å². The lowest BCUT2D eigenvalue weighted by atomic mass is 9.75. The van der Waals surface area contributed by atoms with Crippen molar-refractivity contribution in [2.75, 3.05) is 19.0 Å². The van der Waals surface area contributed by atoms with E-state index in [1.165, 1.54) is 5.56 Å². The summed E-state index contributed by atoms with van der Waals surface area (Å²) in [6.07, 6.45) is 8.74. The van der Waals surface area contributed by atoms with Gasteiger partial charge in [-0.3, -0.25) is 4.79 Å². The van der Waals surface area contributed by atoms with Crippen molar-refractivity contribution in [1.29, 1.82) is 0 Å². The second kappa shape index (κ2) is 7.88. The number of amides is 1. The van der Waals surface area contributed by atoms with Gasteiger partial charge in [0.25, 0.3) is 5.91 Å². The first-order valence-corrected chi connectivity index (χ1v) is 10.2. The molecule has 1 heterocycles. The van der Waals surface area contributed by atoms with E-state index in [-0.39, 0.29) is 11.3 Å². The summed E-state index contributed by atoms with van der Waals surface area (Å²) < 4.78 is 5.57. The van der Waals surface area contributed by atoms with E-state index in [9.17, 15) is 4.79 Å². The number of para-hydroxylation sites is 1. The van der Waals surface area contributed by atoms with E-state index >= 15 is 0 Å². The van der Waals surface area contributed by atoms with E-state index < -0.39 is 0 Å². The van der Waals surface area contributed by atoms with Crippen molar-refractivity contribution < 1.29 is 9.53 Å². The van der Waals surface area contributed by atoms with Crippen LogP contribution in [-0.4, -0.2) is 25.6 Å². The molecule has 0 unspecified atom stereocenters. The first kappa shape index (κ1) is 18.9. The van der Waals surface area contributed by atoms with E-state index in [0.29, 0.717) is 23.2 Å². The number of carbonyl (C=O) groups is 1. The highest BCUT2D eigenvalue weighted by Gasteiger charge is 2.46. The molecule has 28 heavy (non-hydrogen) atoms. The van der Waals surface area contributed by atoms with Gasteiger partial charge in [-0.05, 0) is 61.6 Å². The van der Waals surface area contributed by atoms with E-state index in [2.05, 4.69) is 34.9 Å². The summed E-state index contributed by atoms with van der Waals surface area (Å²) in [6.45, 7) is 0.646. The molecule has 2 atom stereocenters. The molecule has 0 bridgehead atoms. The van der Waals surface area contributed by atoms with Crippen molar-refractivity contribution in [1.82, 2.24) is 5.32 Å². The molecule has 1 aliphatic heterocycles. The monoisotopic (exact) mass is 396 g/mol. The number of nitrogens with one attached hydrogen (secondary N) is 2. The minimum absolute atomic E-state index is 0.0318. The molecule has 0 radical (unpaired) electrons. The van der Waals surface area contributed by atoms with Gasteiger partial charge in [0.15, 0.2) is 0 Å². The third-order valence-corrected chi connectivity index (χ3v) is 6.14. The highest BCUT2D eigenvalue weighted by atomic mass is 35.5. The summed E-state index contributed by atoms with van der Waals surface area (Å²) in [7, 11) is 1.72. The molecule has 0 saturated carbocycles. The summed E-state index contributed by atoms with van der Waals surface area (Å²) in [4.78, 5) is 12.3. The molecule has 2 aromatic carbocycles. The van der Waals surface area contributed by atoms with Crippen LogP contribution in [0.2, 0.25) is 5.02 Å². The van der Waals surface area contributed by atoms with Crippen molar-refractivity contribution >= 4 is 23.2 Å². The fourth-order valence-corrected chi connectivity index (χ4v) is 4.61. The van der Waals surface area contributed by atoms with Gasteiger partial charge in [0.1, 0.15) is 5.75 Å². The number of rotatable bonds is 6. The van der Waals surface area contributed by atoms with E-state index in [0.717, 1.165) is 37.1 Å². The quantitative estimate of drug-likeness (QED) is 0.537. The predicted octanol–water partition coefficient (Wildman–Crippen LogP) is 4.94.